The topological polar surface area (TPSA) is 41.5 Å². The lowest BCUT2D eigenvalue weighted by atomic mass is 10.1. The van der Waals surface area contributed by atoms with Gasteiger partial charge in [-0.05, 0) is 48.2 Å². The smallest absolute Gasteiger partial charge is 0.257 e. The molecule has 3 rings (SSSR count). The molecule has 1 aromatic heterocycles. The summed E-state index contributed by atoms with van der Waals surface area (Å²) in [7, 11) is 0. The van der Waals surface area contributed by atoms with Crippen LogP contribution in [0.2, 0.25) is 0 Å². The molecule has 0 spiro atoms. The van der Waals surface area contributed by atoms with E-state index < -0.39 is 0 Å². The molecule has 1 heterocycles. The van der Waals surface area contributed by atoms with Crippen molar-refractivity contribution in [2.24, 2.45) is 4.99 Å². The molecule has 1 N–H and O–H groups in total. The van der Waals surface area contributed by atoms with Crippen LogP contribution < -0.4 is 5.32 Å². The van der Waals surface area contributed by atoms with E-state index in [9.17, 15) is 4.79 Å². The van der Waals surface area contributed by atoms with Gasteiger partial charge < -0.3 is 5.32 Å². The van der Waals surface area contributed by atoms with Crippen LogP contribution >= 0.6 is 11.3 Å². The minimum absolute atomic E-state index is 0.160. The summed E-state index contributed by atoms with van der Waals surface area (Å²) in [6, 6.07) is 18.8. The molecule has 4 heteroatoms. The lowest BCUT2D eigenvalue weighted by Gasteiger charge is -2.07. The molecule has 0 aliphatic carbocycles. The number of carbonyl (C=O) groups excluding carboxylic acids is 1. The fourth-order valence-corrected chi connectivity index (χ4v) is 2.93. The largest absolute Gasteiger partial charge is 0.322 e. The van der Waals surface area contributed by atoms with Crippen LogP contribution in [0.3, 0.4) is 0 Å². The monoisotopic (exact) mass is 320 g/mol. The van der Waals surface area contributed by atoms with E-state index in [0.29, 0.717) is 11.3 Å². The van der Waals surface area contributed by atoms with Crippen molar-refractivity contribution in [1.29, 1.82) is 0 Å². The van der Waals surface area contributed by atoms with E-state index in [1.165, 1.54) is 5.56 Å². The van der Waals surface area contributed by atoms with Gasteiger partial charge in [0.05, 0.1) is 11.3 Å². The van der Waals surface area contributed by atoms with Crippen molar-refractivity contribution < 1.29 is 4.79 Å². The Kier molecular flexibility index (Phi) is 4.64. The van der Waals surface area contributed by atoms with E-state index >= 15 is 0 Å². The van der Waals surface area contributed by atoms with Gasteiger partial charge in [0.25, 0.3) is 5.91 Å². The molecule has 2 aromatic carbocycles. The maximum absolute atomic E-state index is 12.5. The van der Waals surface area contributed by atoms with Crippen LogP contribution in [-0.4, -0.2) is 12.1 Å². The van der Waals surface area contributed by atoms with Gasteiger partial charge in [0.1, 0.15) is 0 Å². The summed E-state index contributed by atoms with van der Waals surface area (Å²) in [5, 5.41) is 4.93. The Bertz CT molecular complexity index is 837. The van der Waals surface area contributed by atoms with Crippen molar-refractivity contribution in [3.05, 3.63) is 82.0 Å². The molecule has 3 aromatic rings. The van der Waals surface area contributed by atoms with Crippen molar-refractivity contribution in [3.8, 4) is 0 Å². The minimum Gasteiger partial charge on any atom is -0.322 e. The number of aryl methyl sites for hydroxylation is 1. The maximum atomic E-state index is 12.5. The number of anilines is 1. The first-order chi connectivity index (χ1) is 11.2. The highest BCUT2D eigenvalue weighted by atomic mass is 32.1. The number of hydrogen-bond donors (Lipinski definition) is 1. The van der Waals surface area contributed by atoms with Gasteiger partial charge in [-0.1, -0.05) is 30.3 Å². The quantitative estimate of drug-likeness (QED) is 0.671. The normalized spacial score (nSPS) is 10.8. The lowest BCUT2D eigenvalue weighted by molar-refractivity contribution is 0.102. The summed E-state index contributed by atoms with van der Waals surface area (Å²) in [4.78, 5) is 18.1. The van der Waals surface area contributed by atoms with E-state index in [1.54, 1.807) is 17.4 Å². The first-order valence-corrected chi connectivity index (χ1v) is 8.15. The molecule has 0 fully saturated rings. The van der Waals surface area contributed by atoms with Gasteiger partial charge in [0.2, 0.25) is 0 Å². The molecular formula is C19H16N2OS. The minimum atomic E-state index is -0.160. The van der Waals surface area contributed by atoms with Gasteiger partial charge in [-0.2, -0.15) is 0 Å². The molecule has 3 nitrogen and oxygen atoms in total. The second kappa shape index (κ2) is 7.03. The third-order valence-electron chi connectivity index (χ3n) is 3.40. The summed E-state index contributed by atoms with van der Waals surface area (Å²) >= 11 is 1.64. The fraction of sp³-hybridized carbons (Fsp3) is 0.0526. The standard InChI is InChI=1S/C19H16N2OS/c1-14-11-12-23-18(14)13-20-17-10-6-5-9-16(17)19(22)21-15-7-3-2-4-8-15/h2-13H,1H3,(H,21,22). The van der Waals surface area contributed by atoms with Gasteiger partial charge >= 0.3 is 0 Å². The van der Waals surface area contributed by atoms with Crippen molar-refractivity contribution in [3.63, 3.8) is 0 Å². The molecule has 23 heavy (non-hydrogen) atoms. The summed E-state index contributed by atoms with van der Waals surface area (Å²) < 4.78 is 0. The number of thiophene rings is 1. The summed E-state index contributed by atoms with van der Waals surface area (Å²) in [5.41, 5.74) is 3.17. The molecule has 0 aliphatic heterocycles. The highest BCUT2D eigenvalue weighted by Crippen LogP contribution is 2.21. The zero-order valence-corrected chi connectivity index (χ0v) is 13.5. The maximum Gasteiger partial charge on any atom is 0.257 e. The number of nitrogens with one attached hydrogen (secondary N) is 1. The molecule has 0 aliphatic rings. The Balaban J connectivity index is 1.84. The molecular weight excluding hydrogens is 304 g/mol. The van der Waals surface area contributed by atoms with Crippen molar-refractivity contribution in [2.45, 2.75) is 6.92 Å². The number of amides is 1. The van der Waals surface area contributed by atoms with Crippen LogP contribution in [0.15, 0.2) is 71.0 Å². The average Bonchev–Trinajstić information content (AvgIpc) is 2.99. The van der Waals surface area contributed by atoms with Crippen LogP contribution in [0.1, 0.15) is 20.8 Å². The Morgan fingerprint density at radius 2 is 1.78 bits per heavy atom. The number of rotatable bonds is 4. The van der Waals surface area contributed by atoms with Crippen LogP contribution in [0.25, 0.3) is 0 Å². The number of carbonyl (C=O) groups is 1. The van der Waals surface area contributed by atoms with Crippen LogP contribution in [-0.2, 0) is 0 Å². The first-order valence-electron chi connectivity index (χ1n) is 7.27. The van der Waals surface area contributed by atoms with Gasteiger partial charge in [-0.15, -0.1) is 11.3 Å². The lowest BCUT2D eigenvalue weighted by Crippen LogP contribution is -2.11. The van der Waals surface area contributed by atoms with Crippen LogP contribution in [0.5, 0.6) is 0 Å². The Morgan fingerprint density at radius 1 is 1.04 bits per heavy atom. The van der Waals surface area contributed by atoms with Gasteiger partial charge in [0, 0.05) is 16.8 Å². The second-order valence-corrected chi connectivity index (χ2v) is 6.01. The average molecular weight is 320 g/mol. The number of nitrogens with zero attached hydrogens (tertiary/aromatic N) is 1. The first kappa shape index (κ1) is 15.2. The predicted octanol–water partition coefficient (Wildman–Crippen LogP) is 5.06. The SMILES string of the molecule is Cc1ccsc1C=Nc1ccccc1C(=O)Nc1ccccc1. The summed E-state index contributed by atoms with van der Waals surface area (Å²) in [5.74, 6) is -0.160. The second-order valence-electron chi connectivity index (χ2n) is 5.06. The van der Waals surface area contributed by atoms with Gasteiger partial charge in [-0.3, -0.25) is 9.79 Å². The van der Waals surface area contributed by atoms with Gasteiger partial charge in [0.15, 0.2) is 0 Å². The van der Waals surface area contributed by atoms with Crippen molar-refractivity contribution >= 4 is 34.8 Å². The molecule has 0 radical (unpaired) electrons. The Hall–Kier alpha value is -2.72. The van der Waals surface area contributed by atoms with E-state index in [2.05, 4.69) is 16.4 Å². The van der Waals surface area contributed by atoms with E-state index in [0.717, 1.165) is 10.6 Å². The molecule has 0 atom stereocenters. The molecule has 0 saturated carbocycles. The van der Waals surface area contributed by atoms with Gasteiger partial charge in [-0.25, -0.2) is 0 Å². The third-order valence-corrected chi connectivity index (χ3v) is 4.36. The number of para-hydroxylation sites is 2. The zero-order valence-electron chi connectivity index (χ0n) is 12.7. The van der Waals surface area contributed by atoms with E-state index in [4.69, 9.17) is 0 Å². The number of benzene rings is 2. The molecule has 0 bridgehead atoms. The van der Waals surface area contributed by atoms with Crippen molar-refractivity contribution in [1.82, 2.24) is 0 Å². The van der Waals surface area contributed by atoms with Crippen LogP contribution in [0.4, 0.5) is 11.4 Å². The summed E-state index contributed by atoms with van der Waals surface area (Å²) in [6.07, 6.45) is 1.81. The highest BCUT2D eigenvalue weighted by Gasteiger charge is 2.10. The van der Waals surface area contributed by atoms with Crippen molar-refractivity contribution in [2.75, 3.05) is 5.32 Å². The molecule has 0 saturated heterocycles. The molecule has 1 amide bonds. The van der Waals surface area contributed by atoms with Crippen LogP contribution in [0, 0.1) is 6.92 Å². The zero-order chi connectivity index (χ0) is 16.1. The third kappa shape index (κ3) is 3.73. The number of hydrogen-bond acceptors (Lipinski definition) is 3. The highest BCUT2D eigenvalue weighted by molar-refractivity contribution is 7.11. The van der Waals surface area contributed by atoms with E-state index in [1.807, 2.05) is 67.0 Å². The Morgan fingerprint density at radius 3 is 2.52 bits per heavy atom. The fourth-order valence-electron chi connectivity index (χ4n) is 2.14. The number of aliphatic imine (C=N–C) groups is 1. The molecule has 0 unspecified atom stereocenters. The van der Waals surface area contributed by atoms with E-state index in [-0.39, 0.29) is 5.91 Å². The molecule has 114 valence electrons. The summed E-state index contributed by atoms with van der Waals surface area (Å²) in [6.45, 7) is 2.05. The Labute approximate surface area is 139 Å². The predicted molar refractivity (Wildman–Crippen MR) is 97.1 cm³/mol.